The second kappa shape index (κ2) is 4.67. The van der Waals surface area contributed by atoms with Crippen molar-refractivity contribution in [2.75, 3.05) is 6.86 Å². The van der Waals surface area contributed by atoms with E-state index in [-0.39, 0.29) is 10.8 Å². The highest BCUT2D eigenvalue weighted by Gasteiger charge is 2.20. The van der Waals surface area contributed by atoms with Gasteiger partial charge >= 0.3 is 0 Å². The summed E-state index contributed by atoms with van der Waals surface area (Å²) >= 11 is 0. The molecule has 0 aliphatic heterocycles. The van der Waals surface area contributed by atoms with Crippen molar-refractivity contribution in [2.45, 2.75) is 52.4 Å². The van der Waals surface area contributed by atoms with E-state index in [0.717, 1.165) is 0 Å². The van der Waals surface area contributed by atoms with Crippen LogP contribution >= 0.6 is 0 Å². The molecule has 0 aliphatic carbocycles. The minimum atomic E-state index is -0.781. The van der Waals surface area contributed by atoms with E-state index < -0.39 is 6.86 Å². The number of hydrogen-bond acceptors (Lipinski definition) is 1. The smallest absolute Gasteiger partial charge is 0.228 e. The number of alkyl halides is 1. The fraction of sp³-hybridized carbons (Fsp3) is 0.600. The summed E-state index contributed by atoms with van der Waals surface area (Å²) in [4.78, 5) is 0. The lowest BCUT2D eigenvalue weighted by Crippen LogP contribution is -2.16. The number of ether oxygens (including phenoxy) is 1. The van der Waals surface area contributed by atoms with E-state index in [1.54, 1.807) is 0 Å². The van der Waals surface area contributed by atoms with Crippen LogP contribution in [0.5, 0.6) is 5.75 Å². The minimum absolute atomic E-state index is 0.0374. The average Bonchev–Trinajstić information content (AvgIpc) is 2.15. The normalized spacial score (nSPS) is 12.6. The quantitative estimate of drug-likeness (QED) is 0.732. The lowest BCUT2D eigenvalue weighted by molar-refractivity contribution is 0.191. The first-order chi connectivity index (χ1) is 7.64. The molecule has 0 aliphatic rings. The molecule has 0 radical (unpaired) electrons. The molecule has 0 heterocycles. The highest BCUT2D eigenvalue weighted by molar-refractivity contribution is 5.40. The Kier molecular flexibility index (Phi) is 3.85. The van der Waals surface area contributed by atoms with Gasteiger partial charge in [0.15, 0.2) is 0 Å². The third kappa shape index (κ3) is 3.72. The molecule has 1 aromatic carbocycles. The minimum Gasteiger partial charge on any atom is -0.463 e. The van der Waals surface area contributed by atoms with Gasteiger partial charge < -0.3 is 4.74 Å². The van der Waals surface area contributed by atoms with Crippen LogP contribution in [-0.4, -0.2) is 6.86 Å². The van der Waals surface area contributed by atoms with Crippen molar-refractivity contribution >= 4 is 0 Å². The Morgan fingerprint density at radius 2 is 1.29 bits per heavy atom. The van der Waals surface area contributed by atoms with Gasteiger partial charge in [-0.1, -0.05) is 47.6 Å². The maximum absolute atomic E-state index is 12.3. The molecular formula is C15H23FO. The first kappa shape index (κ1) is 14.0. The molecule has 0 unspecified atom stereocenters. The summed E-state index contributed by atoms with van der Waals surface area (Å²) < 4.78 is 17.3. The molecule has 0 amide bonds. The lowest BCUT2D eigenvalue weighted by Gasteiger charge is -2.25. The van der Waals surface area contributed by atoms with Gasteiger partial charge in [0.1, 0.15) is 5.75 Å². The molecule has 0 bridgehead atoms. The lowest BCUT2D eigenvalue weighted by atomic mass is 9.80. The van der Waals surface area contributed by atoms with E-state index >= 15 is 0 Å². The van der Waals surface area contributed by atoms with E-state index in [1.807, 2.05) is 12.1 Å². The molecule has 0 N–H and O–H groups in total. The molecule has 1 rings (SSSR count). The molecular weight excluding hydrogens is 215 g/mol. The van der Waals surface area contributed by atoms with Crippen LogP contribution in [0.2, 0.25) is 0 Å². The van der Waals surface area contributed by atoms with Crippen LogP contribution in [0.4, 0.5) is 4.39 Å². The molecule has 0 atom stereocenters. The summed E-state index contributed by atoms with van der Waals surface area (Å²) in [6.45, 7) is 12.1. The van der Waals surface area contributed by atoms with Crippen LogP contribution in [-0.2, 0) is 10.8 Å². The van der Waals surface area contributed by atoms with Crippen molar-refractivity contribution in [3.8, 4) is 5.75 Å². The van der Waals surface area contributed by atoms with Crippen LogP contribution in [0.25, 0.3) is 0 Å². The van der Waals surface area contributed by atoms with Crippen molar-refractivity contribution in [1.82, 2.24) is 0 Å². The second-order valence-electron chi connectivity index (χ2n) is 6.50. The van der Waals surface area contributed by atoms with Gasteiger partial charge in [-0.05, 0) is 34.1 Å². The van der Waals surface area contributed by atoms with E-state index in [2.05, 4.69) is 47.6 Å². The van der Waals surface area contributed by atoms with Gasteiger partial charge in [0.2, 0.25) is 6.86 Å². The summed E-state index contributed by atoms with van der Waals surface area (Å²) in [6.07, 6.45) is 0. The summed E-state index contributed by atoms with van der Waals surface area (Å²) in [7, 11) is 0. The van der Waals surface area contributed by atoms with Crippen LogP contribution in [0.15, 0.2) is 18.2 Å². The van der Waals surface area contributed by atoms with Crippen molar-refractivity contribution in [3.05, 3.63) is 29.3 Å². The summed E-state index contributed by atoms with van der Waals surface area (Å²) in [5.41, 5.74) is 2.42. The van der Waals surface area contributed by atoms with Crippen molar-refractivity contribution < 1.29 is 9.13 Å². The third-order valence-corrected chi connectivity index (χ3v) is 2.86. The first-order valence-corrected chi connectivity index (χ1v) is 5.99. The first-order valence-electron chi connectivity index (χ1n) is 5.99. The van der Waals surface area contributed by atoms with Gasteiger partial charge in [0, 0.05) is 0 Å². The molecule has 96 valence electrons. The standard InChI is InChI=1S/C15H23FO/c1-14(2,3)11-7-12(15(4,5)6)9-13(8-11)17-10-16/h7-9H,10H2,1-6H3. The van der Waals surface area contributed by atoms with Crippen LogP contribution in [0, 0.1) is 0 Å². The Morgan fingerprint density at radius 1 is 0.882 bits per heavy atom. The second-order valence-corrected chi connectivity index (χ2v) is 6.50. The molecule has 17 heavy (non-hydrogen) atoms. The Hall–Kier alpha value is -1.05. The zero-order valence-electron chi connectivity index (χ0n) is 11.7. The van der Waals surface area contributed by atoms with E-state index in [9.17, 15) is 4.39 Å². The summed E-state index contributed by atoms with van der Waals surface area (Å²) in [5.74, 6) is 0.616. The maximum atomic E-state index is 12.3. The van der Waals surface area contributed by atoms with Gasteiger partial charge in [-0.15, -0.1) is 0 Å². The molecule has 1 aromatic rings. The van der Waals surface area contributed by atoms with Gasteiger partial charge in [-0.2, -0.15) is 0 Å². The van der Waals surface area contributed by atoms with Gasteiger partial charge in [0.05, 0.1) is 0 Å². The highest BCUT2D eigenvalue weighted by atomic mass is 19.1. The maximum Gasteiger partial charge on any atom is 0.228 e. The van der Waals surface area contributed by atoms with Crippen molar-refractivity contribution in [2.24, 2.45) is 0 Å². The zero-order valence-corrected chi connectivity index (χ0v) is 11.7. The Bertz CT molecular complexity index is 351. The number of hydrogen-bond donors (Lipinski definition) is 0. The largest absolute Gasteiger partial charge is 0.463 e. The Labute approximate surface area is 104 Å². The molecule has 0 fully saturated rings. The third-order valence-electron chi connectivity index (χ3n) is 2.86. The SMILES string of the molecule is CC(C)(C)c1cc(OCF)cc(C(C)(C)C)c1. The zero-order chi connectivity index (χ0) is 13.3. The van der Waals surface area contributed by atoms with Crippen LogP contribution in [0.3, 0.4) is 0 Å². The average molecular weight is 238 g/mol. The fourth-order valence-electron chi connectivity index (χ4n) is 1.61. The summed E-state index contributed by atoms with van der Waals surface area (Å²) in [6, 6.07) is 6.04. The van der Waals surface area contributed by atoms with E-state index in [0.29, 0.717) is 5.75 Å². The molecule has 0 spiro atoms. The van der Waals surface area contributed by atoms with Gasteiger partial charge in [-0.3, -0.25) is 0 Å². The topological polar surface area (TPSA) is 9.23 Å². The summed E-state index contributed by atoms with van der Waals surface area (Å²) in [5, 5.41) is 0. The fourth-order valence-corrected chi connectivity index (χ4v) is 1.61. The number of rotatable bonds is 2. The molecule has 0 saturated heterocycles. The van der Waals surface area contributed by atoms with Gasteiger partial charge in [-0.25, -0.2) is 4.39 Å². The number of benzene rings is 1. The van der Waals surface area contributed by atoms with E-state index in [4.69, 9.17) is 4.74 Å². The van der Waals surface area contributed by atoms with Crippen LogP contribution in [0.1, 0.15) is 52.7 Å². The monoisotopic (exact) mass is 238 g/mol. The predicted molar refractivity (Wildman–Crippen MR) is 70.4 cm³/mol. The number of halogens is 1. The molecule has 0 aromatic heterocycles. The van der Waals surface area contributed by atoms with E-state index in [1.165, 1.54) is 11.1 Å². The molecule has 1 nitrogen and oxygen atoms in total. The molecule has 0 saturated carbocycles. The Balaban J connectivity index is 3.29. The van der Waals surface area contributed by atoms with Crippen LogP contribution < -0.4 is 4.74 Å². The predicted octanol–water partition coefficient (Wildman–Crippen LogP) is 4.59. The highest BCUT2D eigenvalue weighted by Crippen LogP contribution is 2.32. The van der Waals surface area contributed by atoms with Crippen molar-refractivity contribution in [1.29, 1.82) is 0 Å². The molecule has 2 heteroatoms. The van der Waals surface area contributed by atoms with Gasteiger partial charge in [0.25, 0.3) is 0 Å². The Morgan fingerprint density at radius 3 is 1.59 bits per heavy atom. The van der Waals surface area contributed by atoms with Crippen molar-refractivity contribution in [3.63, 3.8) is 0 Å².